The van der Waals surface area contributed by atoms with Crippen molar-refractivity contribution < 1.29 is 23.1 Å². The van der Waals surface area contributed by atoms with Crippen LogP contribution in [0.25, 0.3) is 0 Å². The van der Waals surface area contributed by atoms with E-state index in [-0.39, 0.29) is 12.1 Å². The molecule has 0 spiro atoms. The van der Waals surface area contributed by atoms with E-state index < -0.39 is 27.9 Å². The number of aryl methyl sites for hydroxylation is 1. The molecule has 0 aliphatic carbocycles. The van der Waals surface area contributed by atoms with Gasteiger partial charge in [0.1, 0.15) is 0 Å². The SMILES string of the molecule is Cc1ccc(C(=O)N2CCc3ccccc3C2C(=O)O)cc1NS(C)(=O)=O. The van der Waals surface area contributed by atoms with Crippen LogP contribution in [0.3, 0.4) is 0 Å². The molecule has 2 N–H and O–H groups in total. The van der Waals surface area contributed by atoms with E-state index in [1.807, 2.05) is 12.1 Å². The third-order valence-corrected chi connectivity index (χ3v) is 5.15. The zero-order chi connectivity index (χ0) is 19.8. The number of hydrogen-bond donors (Lipinski definition) is 2. The number of rotatable bonds is 4. The lowest BCUT2D eigenvalue weighted by Crippen LogP contribution is -2.43. The van der Waals surface area contributed by atoms with Gasteiger partial charge in [0.25, 0.3) is 5.91 Å². The van der Waals surface area contributed by atoms with Gasteiger partial charge in [-0.2, -0.15) is 0 Å². The molecule has 0 bridgehead atoms. The van der Waals surface area contributed by atoms with Crippen molar-refractivity contribution in [3.63, 3.8) is 0 Å². The third-order valence-electron chi connectivity index (χ3n) is 4.56. The molecular weight excluding hydrogens is 368 g/mol. The maximum Gasteiger partial charge on any atom is 0.331 e. The molecule has 1 atom stereocenters. The van der Waals surface area contributed by atoms with Crippen LogP contribution in [0.4, 0.5) is 5.69 Å². The van der Waals surface area contributed by atoms with E-state index in [1.54, 1.807) is 31.2 Å². The molecule has 0 aromatic heterocycles. The normalized spacial score (nSPS) is 16.5. The highest BCUT2D eigenvalue weighted by atomic mass is 32.2. The highest BCUT2D eigenvalue weighted by Gasteiger charge is 2.36. The minimum atomic E-state index is -3.50. The Kier molecular flexibility index (Phi) is 4.93. The molecule has 0 saturated carbocycles. The second-order valence-corrected chi connectivity index (χ2v) is 8.34. The number of anilines is 1. The van der Waals surface area contributed by atoms with E-state index >= 15 is 0 Å². The molecule has 1 unspecified atom stereocenters. The van der Waals surface area contributed by atoms with Crippen LogP contribution in [-0.4, -0.2) is 43.1 Å². The van der Waals surface area contributed by atoms with Crippen molar-refractivity contribution in [1.82, 2.24) is 4.90 Å². The van der Waals surface area contributed by atoms with E-state index in [0.29, 0.717) is 23.2 Å². The van der Waals surface area contributed by atoms with Gasteiger partial charge in [-0.1, -0.05) is 30.3 Å². The topological polar surface area (TPSA) is 104 Å². The number of nitrogens with one attached hydrogen (secondary N) is 1. The molecule has 0 fully saturated rings. The summed E-state index contributed by atoms with van der Waals surface area (Å²) < 4.78 is 25.4. The Morgan fingerprint density at radius 3 is 2.56 bits per heavy atom. The Balaban J connectivity index is 1.98. The Labute approximate surface area is 157 Å². The van der Waals surface area contributed by atoms with Crippen molar-refractivity contribution in [2.24, 2.45) is 0 Å². The van der Waals surface area contributed by atoms with Crippen LogP contribution in [0.2, 0.25) is 0 Å². The first-order chi connectivity index (χ1) is 12.7. The van der Waals surface area contributed by atoms with Gasteiger partial charge in [0.05, 0.1) is 11.9 Å². The van der Waals surface area contributed by atoms with Gasteiger partial charge in [0.15, 0.2) is 6.04 Å². The van der Waals surface area contributed by atoms with E-state index in [1.165, 1.54) is 11.0 Å². The number of carbonyl (C=O) groups is 2. The average Bonchev–Trinajstić information content (AvgIpc) is 2.60. The summed E-state index contributed by atoms with van der Waals surface area (Å²) in [6.45, 7) is 1.99. The fourth-order valence-electron chi connectivity index (χ4n) is 3.28. The van der Waals surface area contributed by atoms with Crippen LogP contribution < -0.4 is 4.72 Å². The number of sulfonamides is 1. The fraction of sp³-hybridized carbons (Fsp3) is 0.263. The summed E-state index contributed by atoms with van der Waals surface area (Å²) in [5.41, 5.74) is 2.71. The minimum Gasteiger partial charge on any atom is -0.479 e. The Morgan fingerprint density at radius 1 is 1.19 bits per heavy atom. The van der Waals surface area contributed by atoms with E-state index in [2.05, 4.69) is 4.72 Å². The first-order valence-corrected chi connectivity index (χ1v) is 10.3. The van der Waals surface area contributed by atoms with Crippen LogP contribution in [0, 0.1) is 6.92 Å². The number of nitrogens with zero attached hydrogens (tertiary/aromatic N) is 1. The van der Waals surface area contributed by atoms with Crippen molar-refractivity contribution in [1.29, 1.82) is 0 Å². The van der Waals surface area contributed by atoms with Gasteiger partial charge >= 0.3 is 5.97 Å². The van der Waals surface area contributed by atoms with Crippen LogP contribution in [-0.2, 0) is 21.2 Å². The third kappa shape index (κ3) is 3.95. The van der Waals surface area contributed by atoms with Crippen molar-refractivity contribution in [2.45, 2.75) is 19.4 Å². The standard InChI is InChI=1S/C19H20N2O5S/c1-12-7-8-14(11-16(12)20-27(2,25)26)18(22)21-10-9-13-5-3-4-6-15(13)17(21)19(23)24/h3-8,11,17,20H,9-10H2,1-2H3,(H,23,24). The molecule has 8 heteroatoms. The second-order valence-electron chi connectivity index (χ2n) is 6.59. The van der Waals surface area contributed by atoms with Crippen molar-refractivity contribution in [3.05, 3.63) is 64.7 Å². The summed E-state index contributed by atoms with van der Waals surface area (Å²) in [6, 6.07) is 10.8. The number of fused-ring (bicyclic) bond motifs is 1. The lowest BCUT2D eigenvalue weighted by molar-refractivity contribution is -0.143. The fourth-order valence-corrected chi connectivity index (χ4v) is 3.90. The summed E-state index contributed by atoms with van der Waals surface area (Å²) in [7, 11) is -3.50. The number of amides is 1. The smallest absolute Gasteiger partial charge is 0.331 e. The van der Waals surface area contributed by atoms with E-state index in [4.69, 9.17) is 0 Å². The second kappa shape index (κ2) is 7.03. The summed E-state index contributed by atoms with van der Waals surface area (Å²) in [4.78, 5) is 26.2. The summed E-state index contributed by atoms with van der Waals surface area (Å²) in [5, 5.41) is 9.72. The van der Waals surface area contributed by atoms with Crippen LogP contribution >= 0.6 is 0 Å². The van der Waals surface area contributed by atoms with Gasteiger partial charge in [-0.25, -0.2) is 13.2 Å². The molecule has 2 aromatic carbocycles. The van der Waals surface area contributed by atoms with Crippen molar-refractivity contribution in [2.75, 3.05) is 17.5 Å². The molecule has 1 heterocycles. The van der Waals surface area contributed by atoms with Gasteiger partial charge < -0.3 is 10.0 Å². The van der Waals surface area contributed by atoms with Crippen molar-refractivity contribution >= 4 is 27.6 Å². The molecular formula is C19H20N2O5S. The van der Waals surface area contributed by atoms with Gasteiger partial charge in [-0.15, -0.1) is 0 Å². The van der Waals surface area contributed by atoms with Crippen LogP contribution in [0.1, 0.15) is 33.1 Å². The van der Waals surface area contributed by atoms with Gasteiger partial charge in [0, 0.05) is 12.1 Å². The quantitative estimate of drug-likeness (QED) is 0.836. The van der Waals surface area contributed by atoms with Crippen LogP contribution in [0.15, 0.2) is 42.5 Å². The minimum absolute atomic E-state index is 0.234. The largest absolute Gasteiger partial charge is 0.479 e. The molecule has 7 nitrogen and oxygen atoms in total. The molecule has 1 amide bonds. The maximum absolute atomic E-state index is 13.0. The highest BCUT2D eigenvalue weighted by Crippen LogP contribution is 2.31. The lowest BCUT2D eigenvalue weighted by atomic mass is 9.92. The molecule has 1 aliphatic heterocycles. The summed E-state index contributed by atoms with van der Waals surface area (Å²) in [6.07, 6.45) is 1.59. The number of carboxylic acid groups (broad SMARTS) is 1. The van der Waals surface area contributed by atoms with Gasteiger partial charge in [-0.3, -0.25) is 9.52 Å². The summed E-state index contributed by atoms with van der Waals surface area (Å²) in [5.74, 6) is -1.55. The number of hydrogen-bond acceptors (Lipinski definition) is 4. The zero-order valence-electron chi connectivity index (χ0n) is 15.0. The average molecular weight is 388 g/mol. The van der Waals surface area contributed by atoms with Crippen molar-refractivity contribution in [3.8, 4) is 0 Å². The molecule has 27 heavy (non-hydrogen) atoms. The van der Waals surface area contributed by atoms with E-state index in [9.17, 15) is 23.1 Å². The molecule has 0 saturated heterocycles. The first kappa shape index (κ1) is 18.9. The first-order valence-electron chi connectivity index (χ1n) is 8.37. The molecule has 142 valence electrons. The highest BCUT2D eigenvalue weighted by molar-refractivity contribution is 7.92. The monoisotopic (exact) mass is 388 g/mol. The number of aliphatic carboxylic acids is 1. The molecule has 3 rings (SSSR count). The molecule has 2 aromatic rings. The summed E-state index contributed by atoms with van der Waals surface area (Å²) >= 11 is 0. The molecule has 0 radical (unpaired) electrons. The molecule has 1 aliphatic rings. The lowest BCUT2D eigenvalue weighted by Gasteiger charge is -2.35. The zero-order valence-corrected chi connectivity index (χ0v) is 15.8. The van der Waals surface area contributed by atoms with Crippen LogP contribution in [0.5, 0.6) is 0 Å². The predicted octanol–water partition coefficient (Wildman–Crippen LogP) is 2.19. The Bertz CT molecular complexity index is 1020. The van der Waals surface area contributed by atoms with Gasteiger partial charge in [-0.05, 0) is 42.2 Å². The Hall–Kier alpha value is -2.87. The maximum atomic E-state index is 13.0. The van der Waals surface area contributed by atoms with E-state index in [0.717, 1.165) is 11.8 Å². The number of carboxylic acids is 1. The number of benzene rings is 2. The number of carbonyl (C=O) groups excluding carboxylic acids is 1. The Morgan fingerprint density at radius 2 is 1.89 bits per heavy atom. The van der Waals surface area contributed by atoms with Gasteiger partial charge in [0.2, 0.25) is 10.0 Å². The predicted molar refractivity (Wildman–Crippen MR) is 101 cm³/mol.